The van der Waals surface area contributed by atoms with E-state index in [0.717, 1.165) is 22.3 Å². The normalized spacial score (nSPS) is 10.7. The summed E-state index contributed by atoms with van der Waals surface area (Å²) < 4.78 is 0. The quantitative estimate of drug-likeness (QED) is 0.472. The minimum absolute atomic E-state index is 0.0170. The summed E-state index contributed by atoms with van der Waals surface area (Å²) in [5, 5.41) is 0. The molecule has 106 valence electrons. The van der Waals surface area contributed by atoms with Gasteiger partial charge in [-0.2, -0.15) is 0 Å². The Balaban J connectivity index is 1.92. The first-order valence-electron chi connectivity index (χ1n) is 7.26. The molecule has 1 nitrogen and oxygen atoms in total. The molecular formula is C21H16O. The number of allylic oxidation sites excluding steroid dienone is 1. The van der Waals surface area contributed by atoms with Crippen LogP contribution in [0.2, 0.25) is 0 Å². The monoisotopic (exact) mass is 284 g/mol. The molecule has 0 aliphatic heterocycles. The van der Waals surface area contributed by atoms with Gasteiger partial charge in [-0.25, -0.2) is 0 Å². The fourth-order valence-corrected chi connectivity index (χ4v) is 2.39. The minimum atomic E-state index is 0.0170. The Bertz CT molecular complexity index is 786. The van der Waals surface area contributed by atoms with Crippen molar-refractivity contribution < 1.29 is 4.79 Å². The molecule has 3 rings (SSSR count). The first-order valence-corrected chi connectivity index (χ1v) is 7.26. The second-order valence-corrected chi connectivity index (χ2v) is 5.02. The number of rotatable bonds is 4. The maximum atomic E-state index is 12.5. The van der Waals surface area contributed by atoms with Crippen molar-refractivity contribution in [3.05, 3.63) is 102 Å². The van der Waals surface area contributed by atoms with Crippen molar-refractivity contribution in [3.8, 4) is 11.1 Å². The number of benzene rings is 3. The largest absolute Gasteiger partial charge is 0.289 e. The molecule has 0 saturated heterocycles. The van der Waals surface area contributed by atoms with Crippen LogP contribution in [0.4, 0.5) is 0 Å². The smallest absolute Gasteiger partial charge is 0.186 e. The Morgan fingerprint density at radius 3 is 2.00 bits per heavy atom. The van der Waals surface area contributed by atoms with Crippen LogP contribution in [-0.2, 0) is 0 Å². The molecule has 3 aromatic carbocycles. The van der Waals surface area contributed by atoms with Crippen LogP contribution in [0.1, 0.15) is 15.9 Å². The first-order chi connectivity index (χ1) is 10.8. The van der Waals surface area contributed by atoms with Crippen LogP contribution in [0, 0.1) is 0 Å². The van der Waals surface area contributed by atoms with Crippen LogP contribution >= 0.6 is 0 Å². The van der Waals surface area contributed by atoms with E-state index in [0.29, 0.717) is 0 Å². The summed E-state index contributed by atoms with van der Waals surface area (Å²) in [7, 11) is 0. The summed E-state index contributed by atoms with van der Waals surface area (Å²) in [4.78, 5) is 12.5. The molecule has 0 atom stereocenters. The molecule has 0 spiro atoms. The highest BCUT2D eigenvalue weighted by molar-refractivity contribution is 6.10. The van der Waals surface area contributed by atoms with Crippen LogP contribution in [0.15, 0.2) is 91.0 Å². The molecule has 1 heteroatoms. The van der Waals surface area contributed by atoms with E-state index in [1.165, 1.54) is 0 Å². The molecule has 0 aliphatic rings. The van der Waals surface area contributed by atoms with Gasteiger partial charge in [0.15, 0.2) is 5.78 Å². The molecule has 0 amide bonds. The number of hydrogen-bond acceptors (Lipinski definition) is 1. The third kappa shape index (κ3) is 3.21. The lowest BCUT2D eigenvalue weighted by Gasteiger charge is -2.06. The molecule has 0 fully saturated rings. The Kier molecular flexibility index (Phi) is 4.26. The van der Waals surface area contributed by atoms with Gasteiger partial charge in [0.1, 0.15) is 0 Å². The summed E-state index contributed by atoms with van der Waals surface area (Å²) in [6.45, 7) is 0. The van der Waals surface area contributed by atoms with Gasteiger partial charge in [0.2, 0.25) is 0 Å². The molecule has 0 radical (unpaired) electrons. The maximum Gasteiger partial charge on any atom is 0.186 e. The van der Waals surface area contributed by atoms with Gasteiger partial charge in [-0.3, -0.25) is 4.79 Å². The average Bonchev–Trinajstić information content (AvgIpc) is 2.61. The average molecular weight is 284 g/mol. The van der Waals surface area contributed by atoms with Crippen LogP contribution in [0.25, 0.3) is 17.2 Å². The van der Waals surface area contributed by atoms with Crippen molar-refractivity contribution in [3.63, 3.8) is 0 Å². The topological polar surface area (TPSA) is 17.1 Å². The van der Waals surface area contributed by atoms with Gasteiger partial charge in [-0.15, -0.1) is 0 Å². The Hall–Kier alpha value is -2.93. The molecule has 0 unspecified atom stereocenters. The number of hydrogen-bond donors (Lipinski definition) is 0. The lowest BCUT2D eigenvalue weighted by Crippen LogP contribution is -1.97. The van der Waals surface area contributed by atoms with E-state index in [9.17, 15) is 4.79 Å². The Labute approximate surface area is 130 Å². The molecule has 3 aromatic rings. The van der Waals surface area contributed by atoms with E-state index in [-0.39, 0.29) is 5.78 Å². The van der Waals surface area contributed by atoms with Crippen LogP contribution < -0.4 is 0 Å². The van der Waals surface area contributed by atoms with E-state index < -0.39 is 0 Å². The van der Waals surface area contributed by atoms with Gasteiger partial charge in [-0.1, -0.05) is 91.0 Å². The minimum Gasteiger partial charge on any atom is -0.289 e. The zero-order chi connectivity index (χ0) is 15.2. The van der Waals surface area contributed by atoms with E-state index in [1.807, 2.05) is 91.0 Å². The lowest BCUT2D eigenvalue weighted by atomic mass is 9.96. The number of carbonyl (C=O) groups excluding carboxylic acids is 1. The SMILES string of the molecule is O=C(/C=C/c1ccccc1)c1ccccc1-c1ccccc1. The summed E-state index contributed by atoms with van der Waals surface area (Å²) in [5.41, 5.74) is 3.76. The van der Waals surface area contributed by atoms with Gasteiger partial charge < -0.3 is 0 Å². The highest BCUT2D eigenvalue weighted by Gasteiger charge is 2.09. The molecule has 0 heterocycles. The molecule has 0 saturated carbocycles. The predicted octanol–water partition coefficient (Wildman–Crippen LogP) is 5.25. The molecular weight excluding hydrogens is 268 g/mol. The lowest BCUT2D eigenvalue weighted by molar-refractivity contribution is 0.104. The fourth-order valence-electron chi connectivity index (χ4n) is 2.39. The van der Waals surface area contributed by atoms with Crippen molar-refractivity contribution in [2.45, 2.75) is 0 Å². The second kappa shape index (κ2) is 6.68. The molecule has 0 N–H and O–H groups in total. The number of carbonyl (C=O) groups is 1. The zero-order valence-electron chi connectivity index (χ0n) is 12.1. The summed E-state index contributed by atoms with van der Waals surface area (Å²) in [5.74, 6) is 0.0170. The highest BCUT2D eigenvalue weighted by Crippen LogP contribution is 2.24. The fraction of sp³-hybridized carbons (Fsp3) is 0. The van der Waals surface area contributed by atoms with Gasteiger partial charge >= 0.3 is 0 Å². The standard InChI is InChI=1S/C21H16O/c22-21(16-15-17-9-3-1-4-10-17)20-14-8-7-13-19(20)18-11-5-2-6-12-18/h1-16H/b16-15+. The van der Waals surface area contributed by atoms with Crippen LogP contribution in [-0.4, -0.2) is 5.78 Å². The molecule has 0 aromatic heterocycles. The summed E-state index contributed by atoms with van der Waals surface area (Å²) in [6.07, 6.45) is 3.49. The van der Waals surface area contributed by atoms with E-state index >= 15 is 0 Å². The van der Waals surface area contributed by atoms with Gasteiger partial charge in [-0.05, 0) is 22.8 Å². The summed E-state index contributed by atoms with van der Waals surface area (Å²) >= 11 is 0. The highest BCUT2D eigenvalue weighted by atomic mass is 16.1. The van der Waals surface area contributed by atoms with Crippen LogP contribution in [0.3, 0.4) is 0 Å². The van der Waals surface area contributed by atoms with E-state index in [4.69, 9.17) is 0 Å². The first kappa shape index (κ1) is 14.0. The van der Waals surface area contributed by atoms with Crippen molar-refractivity contribution in [1.82, 2.24) is 0 Å². The Morgan fingerprint density at radius 2 is 1.27 bits per heavy atom. The zero-order valence-corrected chi connectivity index (χ0v) is 12.1. The third-order valence-electron chi connectivity index (χ3n) is 3.50. The van der Waals surface area contributed by atoms with E-state index in [1.54, 1.807) is 6.08 Å². The van der Waals surface area contributed by atoms with Gasteiger partial charge in [0, 0.05) is 5.56 Å². The molecule has 0 bridgehead atoms. The Morgan fingerprint density at radius 1 is 0.682 bits per heavy atom. The van der Waals surface area contributed by atoms with Crippen molar-refractivity contribution in [1.29, 1.82) is 0 Å². The second-order valence-electron chi connectivity index (χ2n) is 5.02. The van der Waals surface area contributed by atoms with Gasteiger partial charge in [0.25, 0.3) is 0 Å². The van der Waals surface area contributed by atoms with Crippen molar-refractivity contribution in [2.75, 3.05) is 0 Å². The summed E-state index contributed by atoms with van der Waals surface area (Å²) in [6, 6.07) is 27.5. The molecule has 0 aliphatic carbocycles. The number of ketones is 1. The van der Waals surface area contributed by atoms with Gasteiger partial charge in [0.05, 0.1) is 0 Å². The van der Waals surface area contributed by atoms with Crippen molar-refractivity contribution >= 4 is 11.9 Å². The van der Waals surface area contributed by atoms with Crippen LogP contribution in [0.5, 0.6) is 0 Å². The third-order valence-corrected chi connectivity index (χ3v) is 3.50. The van der Waals surface area contributed by atoms with Crippen molar-refractivity contribution in [2.24, 2.45) is 0 Å². The maximum absolute atomic E-state index is 12.5. The van der Waals surface area contributed by atoms with E-state index in [2.05, 4.69) is 0 Å². The molecule has 22 heavy (non-hydrogen) atoms. The predicted molar refractivity (Wildman–Crippen MR) is 91.7 cm³/mol.